The van der Waals surface area contributed by atoms with Crippen molar-refractivity contribution in [3.8, 4) is 0 Å². The largest absolute Gasteiger partial charge is 0.476 e. The summed E-state index contributed by atoms with van der Waals surface area (Å²) in [7, 11) is 0. The summed E-state index contributed by atoms with van der Waals surface area (Å²) in [5.41, 5.74) is -0.918. The number of halogens is 1. The number of hydrazone groups is 1. The Morgan fingerprint density at radius 2 is 1.60 bits per heavy atom. The van der Waals surface area contributed by atoms with Gasteiger partial charge in [-0.3, -0.25) is 4.79 Å². The standard InChI is InChI=1S/C22H29FN2O5/c1-13(2)28-19-22(20(26)29-14(3)4,12-17-8-10-18(23)11-9-17)16(7)25(24-19)21(27)30-15(5)6/h8-11,13-15H,7,12H2,1-6H3. The minimum Gasteiger partial charge on any atom is -0.476 e. The topological polar surface area (TPSA) is 77.4 Å². The fourth-order valence-corrected chi connectivity index (χ4v) is 2.97. The Hall–Kier alpha value is -2.90. The maximum Gasteiger partial charge on any atom is 0.435 e. The third-order valence-corrected chi connectivity index (χ3v) is 4.23. The van der Waals surface area contributed by atoms with Crippen LogP contribution in [0.15, 0.2) is 41.6 Å². The molecule has 1 aromatic carbocycles. The number of amides is 1. The molecule has 8 heteroatoms. The molecular formula is C22H29FN2O5. The van der Waals surface area contributed by atoms with Gasteiger partial charge in [-0.25, -0.2) is 9.18 Å². The lowest BCUT2D eigenvalue weighted by Gasteiger charge is -2.31. The van der Waals surface area contributed by atoms with Crippen molar-refractivity contribution in [1.82, 2.24) is 5.01 Å². The van der Waals surface area contributed by atoms with Crippen LogP contribution in [0, 0.1) is 11.2 Å². The van der Waals surface area contributed by atoms with E-state index < -0.39 is 35.5 Å². The molecule has 1 aliphatic heterocycles. The summed E-state index contributed by atoms with van der Waals surface area (Å²) in [6.07, 6.45) is -1.92. The molecule has 0 bridgehead atoms. The molecule has 7 nitrogen and oxygen atoms in total. The van der Waals surface area contributed by atoms with Crippen LogP contribution in [0.5, 0.6) is 0 Å². The predicted octanol–water partition coefficient (Wildman–Crippen LogP) is 4.42. The summed E-state index contributed by atoms with van der Waals surface area (Å²) in [4.78, 5) is 26.0. The van der Waals surface area contributed by atoms with Crippen LogP contribution >= 0.6 is 0 Å². The quantitative estimate of drug-likeness (QED) is 0.637. The molecular weight excluding hydrogens is 391 g/mol. The first-order valence-corrected chi connectivity index (χ1v) is 9.88. The molecule has 0 aromatic heterocycles. The average Bonchev–Trinajstić information content (AvgIpc) is 2.88. The van der Waals surface area contributed by atoms with Crippen LogP contribution in [-0.2, 0) is 25.4 Å². The highest BCUT2D eigenvalue weighted by molar-refractivity contribution is 6.09. The SMILES string of the molecule is C=C1N(C(=O)OC(C)C)N=C(OC(C)C)C1(Cc1ccc(F)cc1)C(=O)OC(C)C. The lowest BCUT2D eigenvalue weighted by atomic mass is 9.79. The van der Waals surface area contributed by atoms with E-state index >= 15 is 0 Å². The number of hydrogen-bond donors (Lipinski definition) is 0. The number of ether oxygens (including phenoxy) is 3. The highest BCUT2D eigenvalue weighted by atomic mass is 19.1. The van der Waals surface area contributed by atoms with Gasteiger partial charge in [0, 0.05) is 6.42 Å². The van der Waals surface area contributed by atoms with Crippen LogP contribution in [0.4, 0.5) is 9.18 Å². The van der Waals surface area contributed by atoms with Gasteiger partial charge in [0.2, 0.25) is 5.90 Å². The smallest absolute Gasteiger partial charge is 0.435 e. The Balaban J connectivity index is 2.58. The molecule has 0 saturated heterocycles. The van der Waals surface area contributed by atoms with Crippen molar-refractivity contribution in [2.24, 2.45) is 10.5 Å². The zero-order valence-corrected chi connectivity index (χ0v) is 18.3. The van der Waals surface area contributed by atoms with Gasteiger partial charge in [-0.15, -0.1) is 5.10 Å². The third kappa shape index (κ3) is 4.98. The summed E-state index contributed by atoms with van der Waals surface area (Å²) < 4.78 is 30.0. The van der Waals surface area contributed by atoms with Gasteiger partial charge in [-0.2, -0.15) is 5.01 Å². The van der Waals surface area contributed by atoms with Crippen molar-refractivity contribution < 1.29 is 28.2 Å². The summed E-state index contributed by atoms with van der Waals surface area (Å²) in [6.45, 7) is 14.3. The average molecular weight is 420 g/mol. The summed E-state index contributed by atoms with van der Waals surface area (Å²) in [5.74, 6) is -1.08. The van der Waals surface area contributed by atoms with Gasteiger partial charge in [0.15, 0.2) is 5.41 Å². The van der Waals surface area contributed by atoms with Gasteiger partial charge in [-0.05, 0) is 59.2 Å². The molecule has 0 N–H and O–H groups in total. The molecule has 0 fully saturated rings. The number of benzene rings is 1. The van der Waals surface area contributed by atoms with E-state index in [0.29, 0.717) is 5.56 Å². The molecule has 1 aromatic rings. The first-order valence-electron chi connectivity index (χ1n) is 9.88. The lowest BCUT2D eigenvalue weighted by Crippen LogP contribution is -2.46. The molecule has 1 aliphatic rings. The molecule has 164 valence electrons. The van der Waals surface area contributed by atoms with E-state index in [0.717, 1.165) is 5.01 Å². The van der Waals surface area contributed by atoms with Crippen molar-refractivity contribution >= 4 is 18.0 Å². The molecule has 2 rings (SSSR count). The van der Waals surface area contributed by atoms with E-state index in [-0.39, 0.29) is 24.1 Å². The second kappa shape index (κ2) is 9.28. The third-order valence-electron chi connectivity index (χ3n) is 4.23. The molecule has 1 heterocycles. The maximum atomic E-state index is 13.4. The van der Waals surface area contributed by atoms with Crippen molar-refractivity contribution in [1.29, 1.82) is 0 Å². The van der Waals surface area contributed by atoms with Gasteiger partial charge >= 0.3 is 12.1 Å². The van der Waals surface area contributed by atoms with E-state index in [1.165, 1.54) is 12.1 Å². The molecule has 0 spiro atoms. The van der Waals surface area contributed by atoms with E-state index in [1.54, 1.807) is 53.7 Å². The van der Waals surface area contributed by atoms with E-state index in [1.807, 2.05) is 0 Å². The second-order valence-corrected chi connectivity index (χ2v) is 7.93. The monoisotopic (exact) mass is 420 g/mol. The zero-order valence-electron chi connectivity index (χ0n) is 18.3. The van der Waals surface area contributed by atoms with E-state index in [4.69, 9.17) is 14.2 Å². The maximum absolute atomic E-state index is 13.4. The highest BCUT2D eigenvalue weighted by Crippen LogP contribution is 2.43. The van der Waals surface area contributed by atoms with Crippen molar-refractivity contribution in [3.05, 3.63) is 47.9 Å². The van der Waals surface area contributed by atoms with Crippen LogP contribution in [0.25, 0.3) is 0 Å². The number of carbonyl (C=O) groups excluding carboxylic acids is 2. The molecule has 1 unspecified atom stereocenters. The predicted molar refractivity (Wildman–Crippen MR) is 110 cm³/mol. The fourth-order valence-electron chi connectivity index (χ4n) is 2.97. The van der Waals surface area contributed by atoms with Gasteiger partial charge in [0.25, 0.3) is 0 Å². The summed E-state index contributed by atoms with van der Waals surface area (Å²) in [6, 6.07) is 5.68. The number of nitrogens with zero attached hydrogens (tertiary/aromatic N) is 2. The first kappa shape index (κ1) is 23.4. The van der Waals surface area contributed by atoms with Gasteiger partial charge < -0.3 is 14.2 Å². The summed E-state index contributed by atoms with van der Waals surface area (Å²) >= 11 is 0. The van der Waals surface area contributed by atoms with Crippen molar-refractivity contribution in [2.75, 3.05) is 0 Å². The van der Waals surface area contributed by atoms with Crippen LogP contribution in [0.1, 0.15) is 47.1 Å². The fraction of sp³-hybridized carbons (Fsp3) is 0.500. The highest BCUT2D eigenvalue weighted by Gasteiger charge is 2.58. The van der Waals surface area contributed by atoms with Gasteiger partial charge in [-0.1, -0.05) is 18.7 Å². The molecule has 0 aliphatic carbocycles. The Morgan fingerprint density at radius 3 is 2.10 bits per heavy atom. The molecule has 0 radical (unpaired) electrons. The number of rotatable bonds is 6. The first-order chi connectivity index (χ1) is 14.0. The second-order valence-electron chi connectivity index (χ2n) is 7.93. The number of hydrogen-bond acceptors (Lipinski definition) is 6. The van der Waals surface area contributed by atoms with Crippen molar-refractivity contribution in [3.63, 3.8) is 0 Å². The van der Waals surface area contributed by atoms with E-state index in [2.05, 4.69) is 11.7 Å². The summed E-state index contributed by atoms with van der Waals surface area (Å²) in [5, 5.41) is 5.17. The van der Waals surface area contributed by atoms with Crippen LogP contribution in [0.2, 0.25) is 0 Å². The van der Waals surface area contributed by atoms with Gasteiger partial charge in [0.05, 0.1) is 24.0 Å². The zero-order chi connectivity index (χ0) is 22.6. The van der Waals surface area contributed by atoms with Crippen LogP contribution in [0.3, 0.4) is 0 Å². The lowest BCUT2D eigenvalue weighted by molar-refractivity contribution is -0.154. The Bertz CT molecular complexity index is 832. The minimum atomic E-state index is -1.59. The number of carbonyl (C=O) groups is 2. The molecule has 1 amide bonds. The van der Waals surface area contributed by atoms with Gasteiger partial charge in [0.1, 0.15) is 5.82 Å². The Kier molecular flexibility index (Phi) is 7.23. The Morgan fingerprint density at radius 1 is 1.03 bits per heavy atom. The van der Waals surface area contributed by atoms with Crippen molar-refractivity contribution in [2.45, 2.75) is 66.3 Å². The molecule has 30 heavy (non-hydrogen) atoms. The van der Waals surface area contributed by atoms with Crippen LogP contribution in [-0.4, -0.2) is 41.3 Å². The minimum absolute atomic E-state index is 0.0156. The number of esters is 1. The molecule has 1 atom stereocenters. The normalized spacial score (nSPS) is 18.8. The van der Waals surface area contributed by atoms with Crippen LogP contribution < -0.4 is 0 Å². The van der Waals surface area contributed by atoms with E-state index in [9.17, 15) is 14.0 Å². The Labute approximate surface area is 176 Å². The molecule has 0 saturated carbocycles.